The number of carbonyl (C=O) groups is 3. The van der Waals surface area contributed by atoms with Crippen molar-refractivity contribution in [3.05, 3.63) is 86.5 Å². The molecule has 0 aromatic heterocycles. The van der Waals surface area contributed by atoms with Crippen LogP contribution in [0.4, 0.5) is 14.4 Å². The number of carbonyl (C=O) groups excluding carboxylic acids is 3. The van der Waals surface area contributed by atoms with Crippen LogP contribution in [0.2, 0.25) is 0 Å². The summed E-state index contributed by atoms with van der Waals surface area (Å²) >= 11 is 0. The van der Waals surface area contributed by atoms with Gasteiger partial charge < -0.3 is 28.4 Å². The summed E-state index contributed by atoms with van der Waals surface area (Å²) in [6.07, 6.45) is -1.58. The second-order valence-electron chi connectivity index (χ2n) is 22.8. The third-order valence-corrected chi connectivity index (χ3v) is 10.1. The number of hydrogen-bond donors (Lipinski definition) is 0. The van der Waals surface area contributed by atoms with Gasteiger partial charge in [-0.3, -0.25) is 0 Å². The summed E-state index contributed by atoms with van der Waals surface area (Å²) in [5.41, 5.74) is 5.48. The predicted molar refractivity (Wildman–Crippen MR) is 245 cm³/mol. The molecule has 0 saturated heterocycles. The largest absolute Gasteiger partial charge is 0.514 e. The first-order valence-electron chi connectivity index (χ1n) is 21.5. The van der Waals surface area contributed by atoms with Crippen molar-refractivity contribution in [2.75, 3.05) is 0 Å². The Balaban J connectivity index is 2.37. The van der Waals surface area contributed by atoms with E-state index in [4.69, 9.17) is 28.4 Å². The molecule has 0 heterocycles. The summed E-state index contributed by atoms with van der Waals surface area (Å²) in [5, 5.41) is 0. The van der Waals surface area contributed by atoms with E-state index in [-0.39, 0.29) is 17.3 Å². The van der Waals surface area contributed by atoms with Crippen LogP contribution in [0.3, 0.4) is 0 Å². The molecule has 0 saturated carbocycles. The summed E-state index contributed by atoms with van der Waals surface area (Å²) in [6.45, 7) is 43.6. The van der Waals surface area contributed by atoms with Crippen LogP contribution in [-0.2, 0) is 30.5 Å². The standard InChI is InChI=1S/C52H76O9/c1-30(34-27-38(47(5,6)7)41(24-31(34)2)56-44(53)59-50(14,15)16)23-37(35-28-39(48(8,9)10)42(25-32(35)3)57-45(54)60-51(17,18)19)36-29-40(49(11,12)13)43(26-33(36)4)58-46(55)61-52(20,21)22/h24-30,37H,23H2,1-22H3. The fourth-order valence-corrected chi connectivity index (χ4v) is 7.37. The van der Waals surface area contributed by atoms with Crippen molar-refractivity contribution >= 4 is 18.5 Å². The van der Waals surface area contributed by atoms with Crippen molar-refractivity contribution in [2.24, 2.45) is 0 Å². The molecule has 61 heavy (non-hydrogen) atoms. The third-order valence-electron chi connectivity index (χ3n) is 10.1. The Morgan fingerprint density at radius 3 is 0.918 bits per heavy atom. The number of rotatable bonds is 8. The van der Waals surface area contributed by atoms with Gasteiger partial charge in [-0.05, 0) is 163 Å². The van der Waals surface area contributed by atoms with Crippen molar-refractivity contribution in [3.63, 3.8) is 0 Å². The van der Waals surface area contributed by atoms with Crippen LogP contribution >= 0.6 is 0 Å². The normalized spacial score (nSPS) is 13.4. The molecule has 1 unspecified atom stereocenters. The Labute approximate surface area is 367 Å². The zero-order valence-electron chi connectivity index (χ0n) is 41.5. The molecule has 0 N–H and O–H groups in total. The van der Waals surface area contributed by atoms with Crippen molar-refractivity contribution in [3.8, 4) is 17.2 Å². The van der Waals surface area contributed by atoms with Crippen LogP contribution in [0.25, 0.3) is 0 Å². The Bertz CT molecular complexity index is 1980. The molecular formula is C52H76O9. The van der Waals surface area contributed by atoms with E-state index in [1.807, 2.05) is 101 Å². The van der Waals surface area contributed by atoms with Crippen LogP contribution in [0.1, 0.15) is 200 Å². The van der Waals surface area contributed by atoms with Gasteiger partial charge in [0.1, 0.15) is 34.1 Å². The summed E-state index contributed by atoms with van der Waals surface area (Å²) in [6, 6.07) is 12.4. The fourth-order valence-electron chi connectivity index (χ4n) is 7.37. The highest BCUT2D eigenvalue weighted by Gasteiger charge is 2.33. The number of ether oxygens (including phenoxy) is 6. The molecule has 3 aromatic rings. The average Bonchev–Trinajstić information content (AvgIpc) is 2.99. The molecule has 0 bridgehead atoms. The zero-order valence-corrected chi connectivity index (χ0v) is 41.5. The lowest BCUT2D eigenvalue weighted by molar-refractivity contribution is 0.0189. The highest BCUT2D eigenvalue weighted by Crippen LogP contribution is 2.46. The Morgan fingerprint density at radius 1 is 0.426 bits per heavy atom. The Hall–Kier alpha value is -4.53. The fraction of sp³-hybridized carbons (Fsp3) is 0.596. The molecule has 0 spiro atoms. The zero-order chi connectivity index (χ0) is 47.0. The van der Waals surface area contributed by atoms with Gasteiger partial charge in [0.25, 0.3) is 0 Å². The topological polar surface area (TPSA) is 107 Å². The maximum atomic E-state index is 13.1. The van der Waals surface area contributed by atoms with Gasteiger partial charge in [-0.2, -0.15) is 0 Å². The first-order chi connectivity index (χ1) is 27.4. The molecule has 338 valence electrons. The summed E-state index contributed by atoms with van der Waals surface area (Å²) in [5.74, 6) is 1.22. The van der Waals surface area contributed by atoms with Crippen LogP contribution in [0, 0.1) is 20.8 Å². The van der Waals surface area contributed by atoms with Crippen LogP contribution in [0.15, 0.2) is 36.4 Å². The molecule has 0 aliphatic rings. The minimum Gasteiger partial charge on any atom is -0.428 e. The SMILES string of the molecule is Cc1cc(OC(=O)OC(C)(C)C)c(C(C)(C)C)cc1C(C)CC(c1cc(C(C)(C)C)c(OC(=O)OC(C)(C)C)cc1C)c1cc(C(C)(C)C)c(OC(=O)OC(C)(C)C)cc1C. The third kappa shape index (κ3) is 14.5. The molecule has 0 fully saturated rings. The van der Waals surface area contributed by atoms with E-state index in [1.165, 1.54) is 0 Å². The van der Waals surface area contributed by atoms with Crippen molar-refractivity contribution < 1.29 is 42.8 Å². The number of hydrogen-bond acceptors (Lipinski definition) is 9. The molecule has 3 rings (SSSR count). The van der Waals surface area contributed by atoms with E-state index >= 15 is 0 Å². The highest BCUT2D eigenvalue weighted by atomic mass is 16.7. The van der Waals surface area contributed by atoms with E-state index in [0.29, 0.717) is 23.7 Å². The van der Waals surface area contributed by atoms with Crippen molar-refractivity contribution in [1.82, 2.24) is 0 Å². The molecule has 9 heteroatoms. The molecule has 1 atom stereocenters. The predicted octanol–water partition coefficient (Wildman–Crippen LogP) is 14.8. The number of benzene rings is 3. The quantitative estimate of drug-likeness (QED) is 0.124. The Kier molecular flexibility index (Phi) is 15.0. The van der Waals surface area contributed by atoms with Crippen LogP contribution in [-0.4, -0.2) is 35.3 Å². The van der Waals surface area contributed by atoms with E-state index < -0.39 is 46.1 Å². The van der Waals surface area contributed by atoms with Crippen molar-refractivity contribution in [1.29, 1.82) is 0 Å². The molecule has 9 nitrogen and oxygen atoms in total. The molecule has 0 amide bonds. The smallest absolute Gasteiger partial charge is 0.428 e. The lowest BCUT2D eigenvalue weighted by Gasteiger charge is -2.32. The minimum atomic E-state index is -0.759. The lowest BCUT2D eigenvalue weighted by atomic mass is 9.74. The van der Waals surface area contributed by atoms with Gasteiger partial charge in [-0.15, -0.1) is 0 Å². The second kappa shape index (κ2) is 18.1. The van der Waals surface area contributed by atoms with Gasteiger partial charge in [-0.1, -0.05) is 87.4 Å². The molecular weight excluding hydrogens is 769 g/mol. The van der Waals surface area contributed by atoms with Gasteiger partial charge in [0.15, 0.2) is 0 Å². The van der Waals surface area contributed by atoms with Gasteiger partial charge >= 0.3 is 18.5 Å². The van der Waals surface area contributed by atoms with Gasteiger partial charge in [-0.25, -0.2) is 14.4 Å². The maximum absolute atomic E-state index is 13.1. The summed E-state index contributed by atoms with van der Waals surface area (Å²) in [7, 11) is 0. The van der Waals surface area contributed by atoms with E-state index in [0.717, 1.165) is 50.1 Å². The summed E-state index contributed by atoms with van der Waals surface area (Å²) < 4.78 is 34.5. The average molecular weight is 845 g/mol. The van der Waals surface area contributed by atoms with Gasteiger partial charge in [0.05, 0.1) is 0 Å². The van der Waals surface area contributed by atoms with E-state index in [1.54, 1.807) is 0 Å². The Morgan fingerprint density at radius 2 is 0.672 bits per heavy atom. The second-order valence-corrected chi connectivity index (χ2v) is 22.8. The monoisotopic (exact) mass is 845 g/mol. The number of aryl methyl sites for hydroxylation is 3. The van der Waals surface area contributed by atoms with Crippen molar-refractivity contribution in [2.45, 2.75) is 204 Å². The molecule has 0 aliphatic heterocycles. The lowest BCUT2D eigenvalue weighted by Crippen LogP contribution is -2.27. The van der Waals surface area contributed by atoms with Gasteiger partial charge in [0, 0.05) is 22.6 Å². The minimum absolute atomic E-state index is 0.00651. The first-order valence-corrected chi connectivity index (χ1v) is 21.5. The summed E-state index contributed by atoms with van der Waals surface area (Å²) in [4.78, 5) is 39.1. The maximum Gasteiger partial charge on any atom is 0.514 e. The van der Waals surface area contributed by atoms with Crippen LogP contribution < -0.4 is 14.2 Å². The molecule has 3 aromatic carbocycles. The first kappa shape index (κ1) is 50.8. The molecule has 0 radical (unpaired) electrons. The van der Waals surface area contributed by atoms with Crippen LogP contribution in [0.5, 0.6) is 17.2 Å². The molecule has 0 aliphatic carbocycles. The highest BCUT2D eigenvalue weighted by molar-refractivity contribution is 5.68. The van der Waals surface area contributed by atoms with E-state index in [2.05, 4.69) is 87.4 Å². The van der Waals surface area contributed by atoms with E-state index in [9.17, 15) is 14.4 Å². The van der Waals surface area contributed by atoms with Gasteiger partial charge in [0.2, 0.25) is 0 Å².